The Balaban J connectivity index is 1.68. The van der Waals surface area contributed by atoms with E-state index >= 15 is 0 Å². The fourth-order valence-electron chi connectivity index (χ4n) is 3.37. The van der Waals surface area contributed by atoms with Crippen LogP contribution in [0.3, 0.4) is 0 Å². The van der Waals surface area contributed by atoms with Crippen LogP contribution >= 0.6 is 50.5 Å². The van der Waals surface area contributed by atoms with Gasteiger partial charge >= 0.3 is 0 Å². The van der Waals surface area contributed by atoms with Gasteiger partial charge in [0.25, 0.3) is 5.91 Å². The molecule has 0 N–H and O–H groups in total. The smallest absolute Gasteiger partial charge is 0.266 e. The van der Waals surface area contributed by atoms with Crippen molar-refractivity contribution >= 4 is 84.1 Å². The summed E-state index contributed by atoms with van der Waals surface area (Å²) in [4.78, 5) is 20.5. The Morgan fingerprint density at radius 3 is 2.35 bits per heavy atom. The summed E-state index contributed by atoms with van der Waals surface area (Å²) in [5, 5.41) is 2.19. The SMILES string of the molecule is O=C1/C(=C\c2ccc(Cl)cc2)N=C(c2sc3ccccc3c2Cl)N1c1ccc(Br)cc1. The van der Waals surface area contributed by atoms with E-state index in [9.17, 15) is 4.79 Å². The first-order valence-corrected chi connectivity index (χ1v) is 11.7. The van der Waals surface area contributed by atoms with Crippen LogP contribution in [0.1, 0.15) is 10.4 Å². The maximum atomic E-state index is 13.4. The van der Waals surface area contributed by atoms with Crippen molar-refractivity contribution in [1.29, 1.82) is 0 Å². The monoisotopic (exact) mass is 526 g/mol. The van der Waals surface area contributed by atoms with Gasteiger partial charge < -0.3 is 0 Å². The van der Waals surface area contributed by atoms with Crippen molar-refractivity contribution in [2.75, 3.05) is 4.90 Å². The second kappa shape index (κ2) is 8.24. The lowest BCUT2D eigenvalue weighted by atomic mass is 10.2. The summed E-state index contributed by atoms with van der Waals surface area (Å²) in [7, 11) is 0. The predicted molar refractivity (Wildman–Crippen MR) is 134 cm³/mol. The first-order valence-electron chi connectivity index (χ1n) is 9.34. The Morgan fingerprint density at radius 2 is 1.65 bits per heavy atom. The lowest BCUT2D eigenvalue weighted by molar-refractivity contribution is -0.113. The number of carbonyl (C=O) groups excluding carboxylic acids is 1. The number of nitrogens with zero attached hydrogens (tertiary/aromatic N) is 2. The molecule has 0 atom stereocenters. The lowest BCUT2D eigenvalue weighted by Crippen LogP contribution is -2.32. The molecule has 5 rings (SSSR count). The Morgan fingerprint density at radius 1 is 0.935 bits per heavy atom. The van der Waals surface area contributed by atoms with Gasteiger partial charge in [-0.15, -0.1) is 11.3 Å². The second-order valence-corrected chi connectivity index (χ2v) is 9.66. The molecule has 3 nitrogen and oxygen atoms in total. The fourth-order valence-corrected chi connectivity index (χ4v) is 5.26. The lowest BCUT2D eigenvalue weighted by Gasteiger charge is -2.18. The van der Waals surface area contributed by atoms with Gasteiger partial charge in [-0.25, -0.2) is 4.99 Å². The van der Waals surface area contributed by atoms with Crippen LogP contribution in [0.25, 0.3) is 16.2 Å². The molecule has 1 aromatic heterocycles. The van der Waals surface area contributed by atoms with E-state index < -0.39 is 0 Å². The first-order chi connectivity index (χ1) is 15.0. The molecule has 0 saturated carbocycles. The summed E-state index contributed by atoms with van der Waals surface area (Å²) in [5.41, 5.74) is 1.91. The molecule has 2 heterocycles. The van der Waals surface area contributed by atoms with Crippen LogP contribution in [0.4, 0.5) is 5.69 Å². The van der Waals surface area contributed by atoms with Gasteiger partial charge in [-0.3, -0.25) is 9.69 Å². The van der Waals surface area contributed by atoms with Crippen molar-refractivity contribution in [2.45, 2.75) is 0 Å². The number of fused-ring (bicyclic) bond motifs is 1. The number of thiophene rings is 1. The maximum Gasteiger partial charge on any atom is 0.282 e. The van der Waals surface area contributed by atoms with Crippen molar-refractivity contribution < 1.29 is 4.79 Å². The highest BCUT2D eigenvalue weighted by Crippen LogP contribution is 2.39. The first kappa shape index (κ1) is 20.5. The van der Waals surface area contributed by atoms with Crippen LogP contribution in [-0.2, 0) is 4.79 Å². The van der Waals surface area contributed by atoms with Crippen molar-refractivity contribution in [3.63, 3.8) is 0 Å². The molecule has 1 aliphatic heterocycles. The van der Waals surface area contributed by atoms with Crippen molar-refractivity contribution in [3.05, 3.63) is 103 Å². The molecule has 0 unspecified atom stereocenters. The van der Waals surface area contributed by atoms with Crippen molar-refractivity contribution in [2.24, 2.45) is 4.99 Å². The van der Waals surface area contributed by atoms with Gasteiger partial charge in [0.1, 0.15) is 5.70 Å². The number of rotatable bonds is 3. The highest BCUT2D eigenvalue weighted by Gasteiger charge is 2.34. The topological polar surface area (TPSA) is 32.7 Å². The largest absolute Gasteiger partial charge is 0.282 e. The number of benzene rings is 3. The van der Waals surface area contributed by atoms with Crippen LogP contribution in [0.2, 0.25) is 10.0 Å². The van der Waals surface area contributed by atoms with Crippen LogP contribution in [0.5, 0.6) is 0 Å². The summed E-state index contributed by atoms with van der Waals surface area (Å²) in [6.45, 7) is 0. The third kappa shape index (κ3) is 3.83. The molecule has 7 heteroatoms. The summed E-state index contributed by atoms with van der Waals surface area (Å²) in [5.74, 6) is 0.319. The minimum Gasteiger partial charge on any atom is -0.266 e. The van der Waals surface area contributed by atoms with E-state index in [1.54, 1.807) is 23.1 Å². The van der Waals surface area contributed by atoms with Gasteiger partial charge in [-0.05, 0) is 54.1 Å². The highest BCUT2D eigenvalue weighted by atomic mass is 79.9. The Hall–Kier alpha value is -2.44. The summed E-state index contributed by atoms with van der Waals surface area (Å²) >= 11 is 17.7. The van der Waals surface area contributed by atoms with E-state index in [0.29, 0.717) is 21.6 Å². The van der Waals surface area contributed by atoms with E-state index in [4.69, 9.17) is 28.2 Å². The molecule has 4 aromatic rings. The van der Waals surface area contributed by atoms with Gasteiger partial charge in [0.2, 0.25) is 0 Å². The second-order valence-electron chi connectivity index (χ2n) is 6.87. The molecule has 0 saturated heterocycles. The number of hydrogen-bond donors (Lipinski definition) is 0. The van der Waals surface area contributed by atoms with Gasteiger partial charge in [-0.1, -0.05) is 69.5 Å². The Kier molecular flexibility index (Phi) is 5.44. The molecule has 0 radical (unpaired) electrons. The average Bonchev–Trinajstić information content (AvgIpc) is 3.28. The molecular formula is C24H13BrCl2N2OS. The number of halogens is 3. The van der Waals surface area contributed by atoms with Crippen LogP contribution in [0.15, 0.2) is 88.0 Å². The maximum absolute atomic E-state index is 13.4. The molecule has 0 fully saturated rings. The fraction of sp³-hybridized carbons (Fsp3) is 0. The standard InChI is InChI=1S/C24H13BrCl2N2OS/c25-15-7-11-17(12-8-15)29-23(22-21(27)18-3-1-2-4-20(18)31-22)28-19(24(29)30)13-14-5-9-16(26)10-6-14/h1-13H/b19-13+. The summed E-state index contributed by atoms with van der Waals surface area (Å²) < 4.78 is 1.97. The third-order valence-corrected chi connectivity index (χ3v) is 7.31. The normalized spacial score (nSPS) is 15.2. The van der Waals surface area contributed by atoms with E-state index in [1.165, 1.54) is 11.3 Å². The Labute approximate surface area is 201 Å². The number of carbonyl (C=O) groups is 1. The predicted octanol–water partition coefficient (Wildman–Crippen LogP) is 7.81. The number of amides is 1. The zero-order valence-corrected chi connectivity index (χ0v) is 19.8. The summed E-state index contributed by atoms with van der Waals surface area (Å²) in [6, 6.07) is 22.7. The molecule has 3 aromatic carbocycles. The Bertz CT molecular complexity index is 1380. The van der Waals surface area contributed by atoms with Crippen LogP contribution in [-0.4, -0.2) is 11.7 Å². The molecule has 1 amide bonds. The van der Waals surface area contributed by atoms with E-state index in [2.05, 4.69) is 15.9 Å². The quantitative estimate of drug-likeness (QED) is 0.250. The van der Waals surface area contributed by atoms with Gasteiger partial charge in [0.15, 0.2) is 5.84 Å². The molecule has 31 heavy (non-hydrogen) atoms. The van der Waals surface area contributed by atoms with E-state index in [-0.39, 0.29) is 5.91 Å². The van der Waals surface area contributed by atoms with Crippen LogP contribution in [0, 0.1) is 0 Å². The van der Waals surface area contributed by atoms with Crippen molar-refractivity contribution in [1.82, 2.24) is 0 Å². The number of amidine groups is 1. The molecule has 1 aliphatic rings. The van der Waals surface area contributed by atoms with Crippen LogP contribution < -0.4 is 4.90 Å². The zero-order valence-electron chi connectivity index (χ0n) is 15.9. The third-order valence-electron chi connectivity index (χ3n) is 4.86. The highest BCUT2D eigenvalue weighted by molar-refractivity contribution is 9.10. The summed E-state index contributed by atoms with van der Waals surface area (Å²) in [6.07, 6.45) is 1.76. The minimum atomic E-state index is -0.208. The molecule has 0 aliphatic carbocycles. The molecule has 0 spiro atoms. The van der Waals surface area contributed by atoms with E-state index in [1.807, 2.05) is 60.7 Å². The molecule has 0 bridgehead atoms. The average molecular weight is 528 g/mol. The number of aliphatic imine (C=N–C) groups is 1. The van der Waals surface area contributed by atoms with Gasteiger partial charge in [0, 0.05) is 19.6 Å². The molecular weight excluding hydrogens is 515 g/mol. The number of anilines is 1. The zero-order chi connectivity index (χ0) is 21.5. The molecule has 152 valence electrons. The van der Waals surface area contributed by atoms with E-state index in [0.717, 1.165) is 30.7 Å². The van der Waals surface area contributed by atoms with Gasteiger partial charge in [-0.2, -0.15) is 0 Å². The minimum absolute atomic E-state index is 0.208. The van der Waals surface area contributed by atoms with Gasteiger partial charge in [0.05, 0.1) is 15.6 Å². The van der Waals surface area contributed by atoms with Crippen molar-refractivity contribution in [3.8, 4) is 0 Å². The number of hydrogen-bond acceptors (Lipinski definition) is 3.